The van der Waals surface area contributed by atoms with Gasteiger partial charge in [0.25, 0.3) is 0 Å². The summed E-state index contributed by atoms with van der Waals surface area (Å²) in [7, 11) is 0. The molecule has 0 fully saturated rings. The second kappa shape index (κ2) is 12.8. The van der Waals surface area contributed by atoms with E-state index in [9.17, 15) is 0 Å². The van der Waals surface area contributed by atoms with Crippen LogP contribution in [0.4, 0.5) is 0 Å². The van der Waals surface area contributed by atoms with E-state index in [0.29, 0.717) is 17.5 Å². The van der Waals surface area contributed by atoms with E-state index in [-0.39, 0.29) is 0 Å². The Bertz CT molecular complexity index is 3390. The van der Waals surface area contributed by atoms with Gasteiger partial charge in [-0.1, -0.05) is 146 Å². The molecule has 0 aliphatic carbocycles. The van der Waals surface area contributed by atoms with Crippen LogP contribution in [0.5, 0.6) is 0 Å². The zero-order valence-electron chi connectivity index (χ0n) is 30.3. The molecule has 0 unspecified atom stereocenters. The normalized spacial score (nSPS) is 11.9. The molecule has 6 heteroatoms. The lowest BCUT2D eigenvalue weighted by molar-refractivity contribution is 0.670. The molecule has 0 N–H and O–H groups in total. The number of nitrogens with zero attached hydrogens (tertiary/aromatic N) is 3. The van der Waals surface area contributed by atoms with E-state index in [1.54, 1.807) is 22.7 Å². The molecular weight excluding hydrogens is 735 g/mol. The highest BCUT2D eigenvalue weighted by Crippen LogP contribution is 2.42. The molecular formula is C51H29N3OS2. The lowest BCUT2D eigenvalue weighted by Crippen LogP contribution is -2.00. The maximum Gasteiger partial charge on any atom is 0.164 e. The number of hydrogen-bond donors (Lipinski definition) is 0. The number of rotatable bonds is 5. The molecule has 0 radical (unpaired) electrons. The predicted molar refractivity (Wildman–Crippen MR) is 240 cm³/mol. The van der Waals surface area contributed by atoms with Gasteiger partial charge in [-0.05, 0) is 47.0 Å². The first-order valence-electron chi connectivity index (χ1n) is 18.9. The molecule has 0 bridgehead atoms. The molecule has 12 aromatic rings. The maximum atomic E-state index is 6.34. The Morgan fingerprint density at radius 2 is 0.754 bits per heavy atom. The van der Waals surface area contributed by atoms with E-state index in [1.807, 2.05) is 12.1 Å². The molecule has 0 atom stereocenters. The van der Waals surface area contributed by atoms with Crippen molar-refractivity contribution in [2.75, 3.05) is 0 Å². The van der Waals surface area contributed by atoms with Crippen LogP contribution in [0.25, 0.3) is 119 Å². The quantitative estimate of drug-likeness (QED) is 0.175. The Hall–Kier alpha value is -6.99. The highest BCUT2D eigenvalue weighted by atomic mass is 32.1. The number of furan rings is 1. The molecule has 0 saturated heterocycles. The number of hydrogen-bond acceptors (Lipinski definition) is 6. The average molecular weight is 764 g/mol. The number of para-hydroxylation sites is 2. The lowest BCUT2D eigenvalue weighted by Gasteiger charge is -2.11. The minimum Gasteiger partial charge on any atom is -0.455 e. The van der Waals surface area contributed by atoms with E-state index >= 15 is 0 Å². The highest BCUT2D eigenvalue weighted by molar-refractivity contribution is 7.26. The Balaban J connectivity index is 0.973. The van der Waals surface area contributed by atoms with Gasteiger partial charge in [-0.15, -0.1) is 22.7 Å². The van der Waals surface area contributed by atoms with Crippen molar-refractivity contribution in [2.45, 2.75) is 0 Å². The van der Waals surface area contributed by atoms with Gasteiger partial charge in [0.1, 0.15) is 11.2 Å². The summed E-state index contributed by atoms with van der Waals surface area (Å²) in [6, 6.07) is 62.0. The first-order chi connectivity index (χ1) is 28.2. The van der Waals surface area contributed by atoms with Crippen LogP contribution in [-0.2, 0) is 0 Å². The summed E-state index contributed by atoms with van der Waals surface area (Å²) in [5.41, 5.74) is 9.22. The van der Waals surface area contributed by atoms with Crippen molar-refractivity contribution in [2.24, 2.45) is 0 Å². The van der Waals surface area contributed by atoms with Crippen molar-refractivity contribution in [1.29, 1.82) is 0 Å². The fourth-order valence-corrected chi connectivity index (χ4v) is 10.6. The molecule has 0 saturated carbocycles. The van der Waals surface area contributed by atoms with Gasteiger partial charge in [0.05, 0.1) is 0 Å². The molecule has 57 heavy (non-hydrogen) atoms. The van der Waals surface area contributed by atoms with Crippen LogP contribution < -0.4 is 0 Å². The van der Waals surface area contributed by atoms with E-state index in [0.717, 1.165) is 60.9 Å². The summed E-state index contributed by atoms with van der Waals surface area (Å²) in [4.78, 5) is 15.7. The second-order valence-electron chi connectivity index (χ2n) is 14.3. The molecule has 0 amide bonds. The van der Waals surface area contributed by atoms with Crippen molar-refractivity contribution in [3.05, 3.63) is 176 Å². The average Bonchev–Trinajstić information content (AvgIpc) is 3.98. The SMILES string of the molecule is c1ccc2c(c1)oc1c(-c3ccc(-c4ccc(-c5nc(-c6cccc7sc8ccccc8c67)nc(-c6cccc7sc8ccccc8c67)n5)cc4)cc3)cccc12. The number of fused-ring (bicyclic) bond motifs is 9. The summed E-state index contributed by atoms with van der Waals surface area (Å²) >= 11 is 3.60. The Kier molecular flexibility index (Phi) is 7.24. The third-order valence-electron chi connectivity index (χ3n) is 11.0. The molecule has 8 aromatic carbocycles. The van der Waals surface area contributed by atoms with Crippen LogP contribution >= 0.6 is 22.7 Å². The second-order valence-corrected chi connectivity index (χ2v) is 16.5. The first-order valence-corrected chi connectivity index (χ1v) is 20.6. The molecule has 0 aliphatic heterocycles. The van der Waals surface area contributed by atoms with E-state index in [4.69, 9.17) is 19.4 Å². The van der Waals surface area contributed by atoms with Gasteiger partial charge in [0.2, 0.25) is 0 Å². The number of aromatic nitrogens is 3. The topological polar surface area (TPSA) is 51.8 Å². The summed E-state index contributed by atoms with van der Waals surface area (Å²) < 4.78 is 11.3. The molecule has 0 spiro atoms. The van der Waals surface area contributed by atoms with Crippen molar-refractivity contribution in [1.82, 2.24) is 15.0 Å². The molecule has 0 aliphatic rings. The first kappa shape index (κ1) is 32.3. The number of thiophene rings is 2. The van der Waals surface area contributed by atoms with Crippen LogP contribution in [0, 0.1) is 0 Å². The van der Waals surface area contributed by atoms with E-state index in [2.05, 4.69) is 164 Å². The Morgan fingerprint density at radius 3 is 1.37 bits per heavy atom. The van der Waals surface area contributed by atoms with Crippen LogP contribution in [-0.4, -0.2) is 15.0 Å². The number of benzene rings is 8. The Labute approximate surface area is 335 Å². The third-order valence-corrected chi connectivity index (χ3v) is 13.3. The van der Waals surface area contributed by atoms with Crippen molar-refractivity contribution < 1.29 is 4.42 Å². The fraction of sp³-hybridized carbons (Fsp3) is 0. The van der Waals surface area contributed by atoms with Crippen molar-refractivity contribution in [3.63, 3.8) is 0 Å². The van der Waals surface area contributed by atoms with Crippen LogP contribution in [0.2, 0.25) is 0 Å². The molecule has 4 nitrogen and oxygen atoms in total. The largest absolute Gasteiger partial charge is 0.455 e. The Morgan fingerprint density at radius 1 is 0.316 bits per heavy atom. The highest BCUT2D eigenvalue weighted by Gasteiger charge is 2.20. The predicted octanol–water partition coefficient (Wildman–Crippen LogP) is 14.8. The van der Waals surface area contributed by atoms with Gasteiger partial charge >= 0.3 is 0 Å². The summed E-state index contributed by atoms with van der Waals surface area (Å²) in [5, 5.41) is 7.05. The zero-order valence-corrected chi connectivity index (χ0v) is 31.9. The van der Waals surface area contributed by atoms with E-state index in [1.165, 1.54) is 40.3 Å². The van der Waals surface area contributed by atoms with E-state index < -0.39 is 0 Å². The standard InChI is InChI=1S/C51H29N3OS2/c1-4-17-41-35(10-1)36-14-7-13-34(48(36)55-41)32-26-22-30(23-27-32)31-24-28-33(29-25-31)49-52-50(39-15-8-20-44-46(39)37-11-2-5-18-42(37)56-44)54-51(53-49)40-16-9-21-45-47(40)38-12-3-6-19-43(38)57-45/h1-29H. The molecule has 12 rings (SSSR count). The smallest absolute Gasteiger partial charge is 0.164 e. The van der Waals surface area contributed by atoms with Gasteiger partial charge in [-0.25, -0.2) is 15.0 Å². The fourth-order valence-electron chi connectivity index (χ4n) is 8.30. The van der Waals surface area contributed by atoms with Gasteiger partial charge < -0.3 is 4.42 Å². The van der Waals surface area contributed by atoms with Crippen LogP contribution in [0.1, 0.15) is 0 Å². The molecule has 4 aromatic heterocycles. The van der Waals surface area contributed by atoms with Gasteiger partial charge in [-0.2, -0.15) is 0 Å². The minimum atomic E-state index is 0.643. The third kappa shape index (κ3) is 5.22. The van der Waals surface area contributed by atoms with Crippen molar-refractivity contribution >= 4 is 85.0 Å². The minimum absolute atomic E-state index is 0.643. The monoisotopic (exact) mass is 763 g/mol. The summed E-state index contributed by atoms with van der Waals surface area (Å²) in [6.07, 6.45) is 0. The van der Waals surface area contributed by atoms with Crippen molar-refractivity contribution in [3.8, 4) is 56.4 Å². The van der Waals surface area contributed by atoms with Crippen LogP contribution in [0.15, 0.2) is 180 Å². The van der Waals surface area contributed by atoms with Gasteiger partial charge in [0, 0.05) is 73.4 Å². The lowest BCUT2D eigenvalue weighted by atomic mass is 9.98. The zero-order chi connectivity index (χ0) is 37.5. The molecule has 4 heterocycles. The van der Waals surface area contributed by atoms with Gasteiger partial charge in [-0.3, -0.25) is 0 Å². The van der Waals surface area contributed by atoms with Crippen LogP contribution in [0.3, 0.4) is 0 Å². The summed E-state index contributed by atoms with van der Waals surface area (Å²) in [6.45, 7) is 0. The maximum absolute atomic E-state index is 6.34. The molecule has 266 valence electrons. The summed E-state index contributed by atoms with van der Waals surface area (Å²) in [5.74, 6) is 1.98. The van der Waals surface area contributed by atoms with Gasteiger partial charge in [0.15, 0.2) is 17.5 Å².